The average molecular weight is 386 g/mol. The molecule has 3 N–H and O–H groups in total. The number of aromatic amines is 1. The number of benzene rings is 3. The van der Waals surface area contributed by atoms with E-state index in [0.717, 1.165) is 33.3 Å². The molecule has 0 fully saturated rings. The number of fused-ring (bicyclic) bond motifs is 1. The second-order valence-corrected chi connectivity index (χ2v) is 6.93. The fourth-order valence-corrected chi connectivity index (χ4v) is 3.77. The molecule has 0 saturated heterocycles. The minimum atomic E-state index is -1.58. The summed E-state index contributed by atoms with van der Waals surface area (Å²) in [6, 6.07) is 24.1. The normalized spacial score (nSPS) is 12.1. The summed E-state index contributed by atoms with van der Waals surface area (Å²) in [6.07, 6.45) is 0. The molecule has 0 spiro atoms. The summed E-state index contributed by atoms with van der Waals surface area (Å²) < 4.78 is 0. The van der Waals surface area contributed by atoms with E-state index in [1.54, 1.807) is 24.3 Å². The van der Waals surface area contributed by atoms with Gasteiger partial charge >= 0.3 is 7.12 Å². The molecule has 0 radical (unpaired) electrons. The number of hydrogen-bond donors (Lipinski definition) is 3. The first-order valence-corrected chi connectivity index (χ1v) is 9.28. The van der Waals surface area contributed by atoms with Crippen molar-refractivity contribution in [3.63, 3.8) is 0 Å². The van der Waals surface area contributed by atoms with Gasteiger partial charge < -0.3 is 15.0 Å². The number of rotatable bonds is 6. The number of aromatic nitrogens is 1. The van der Waals surface area contributed by atoms with Crippen LogP contribution in [0.15, 0.2) is 78.9 Å². The van der Waals surface area contributed by atoms with Crippen LogP contribution in [0.25, 0.3) is 22.2 Å². The van der Waals surface area contributed by atoms with Crippen molar-refractivity contribution in [2.45, 2.75) is 5.92 Å². The molecule has 1 aromatic heterocycles. The Hall–Kier alpha value is -3.42. The van der Waals surface area contributed by atoms with Crippen LogP contribution < -0.4 is 5.46 Å². The molecule has 0 saturated carbocycles. The van der Waals surface area contributed by atoms with E-state index in [1.807, 2.05) is 54.6 Å². The third kappa shape index (κ3) is 3.78. The van der Waals surface area contributed by atoms with Crippen molar-refractivity contribution in [3.8, 4) is 11.3 Å². The van der Waals surface area contributed by atoms with Crippen molar-refractivity contribution in [1.29, 1.82) is 0 Å². The highest BCUT2D eigenvalue weighted by molar-refractivity contribution is 6.58. The number of H-pyrrole nitrogens is 1. The lowest BCUT2D eigenvalue weighted by atomic mass is 9.78. The average Bonchev–Trinajstić information content (AvgIpc) is 3.12. The molecule has 29 heavy (non-hydrogen) atoms. The molecule has 1 heterocycles. The molecule has 0 aliphatic rings. The predicted octanol–water partition coefficient (Wildman–Crippen LogP) is 2.92. The molecule has 144 valence electrons. The van der Waals surface area contributed by atoms with Crippen molar-refractivity contribution in [2.75, 3.05) is 6.54 Å². The van der Waals surface area contributed by atoms with Crippen LogP contribution in [-0.2, 0) is 0 Å². The van der Waals surface area contributed by atoms with Crippen LogP contribution in [0.2, 0.25) is 0 Å². The lowest BCUT2D eigenvalue weighted by molar-refractivity contribution is -0.481. The topological polar surface area (TPSA) is 99.4 Å². The molecular weight excluding hydrogens is 367 g/mol. The van der Waals surface area contributed by atoms with Crippen LogP contribution in [0.4, 0.5) is 0 Å². The Bertz CT molecular complexity index is 1140. The number of hydrogen-bond acceptors (Lipinski definition) is 4. The Balaban J connectivity index is 1.93. The molecule has 6 nitrogen and oxygen atoms in total. The van der Waals surface area contributed by atoms with Gasteiger partial charge in [-0.2, -0.15) is 0 Å². The lowest BCUT2D eigenvalue weighted by Gasteiger charge is -2.16. The van der Waals surface area contributed by atoms with E-state index < -0.39 is 13.0 Å². The highest BCUT2D eigenvalue weighted by Crippen LogP contribution is 2.38. The quantitative estimate of drug-likeness (QED) is 0.270. The van der Waals surface area contributed by atoms with Gasteiger partial charge in [0, 0.05) is 15.8 Å². The van der Waals surface area contributed by atoms with Crippen LogP contribution in [0, 0.1) is 10.1 Å². The van der Waals surface area contributed by atoms with Gasteiger partial charge in [0.15, 0.2) is 0 Å². The van der Waals surface area contributed by atoms with Crippen LogP contribution in [0.5, 0.6) is 0 Å². The van der Waals surface area contributed by atoms with E-state index in [2.05, 4.69) is 4.98 Å². The highest BCUT2D eigenvalue weighted by atomic mass is 16.6. The zero-order valence-corrected chi connectivity index (χ0v) is 15.5. The Labute approximate surface area is 167 Å². The van der Waals surface area contributed by atoms with Crippen molar-refractivity contribution in [3.05, 3.63) is 100 Å². The molecule has 0 aliphatic carbocycles. The summed E-state index contributed by atoms with van der Waals surface area (Å²) in [4.78, 5) is 14.7. The molecule has 0 aliphatic heterocycles. The molecule has 3 aromatic carbocycles. The number of nitrogens with zero attached hydrogens (tertiary/aromatic N) is 1. The van der Waals surface area contributed by atoms with Crippen molar-refractivity contribution < 1.29 is 15.0 Å². The van der Waals surface area contributed by atoms with Crippen LogP contribution in [-0.4, -0.2) is 33.6 Å². The molecule has 1 atom stereocenters. The summed E-state index contributed by atoms with van der Waals surface area (Å²) in [6.45, 7) is -0.275. The maximum Gasteiger partial charge on any atom is 0.488 e. The Morgan fingerprint density at radius 3 is 2.24 bits per heavy atom. The van der Waals surface area contributed by atoms with Crippen LogP contribution in [0.3, 0.4) is 0 Å². The van der Waals surface area contributed by atoms with E-state index in [9.17, 15) is 20.2 Å². The van der Waals surface area contributed by atoms with Gasteiger partial charge in [-0.15, -0.1) is 0 Å². The van der Waals surface area contributed by atoms with E-state index in [0.29, 0.717) is 5.46 Å². The number of nitrogens with one attached hydrogen (secondary N) is 1. The second-order valence-electron chi connectivity index (χ2n) is 6.93. The Kier molecular flexibility index (Phi) is 5.16. The molecule has 4 rings (SSSR count). The first kappa shape index (κ1) is 18.9. The van der Waals surface area contributed by atoms with Gasteiger partial charge in [-0.25, -0.2) is 0 Å². The third-order valence-electron chi connectivity index (χ3n) is 5.13. The van der Waals surface area contributed by atoms with E-state index >= 15 is 0 Å². The largest absolute Gasteiger partial charge is 0.488 e. The zero-order chi connectivity index (χ0) is 20.4. The number of nitro groups is 1. The monoisotopic (exact) mass is 386 g/mol. The van der Waals surface area contributed by atoms with Crippen molar-refractivity contribution in [2.24, 2.45) is 0 Å². The molecule has 0 amide bonds. The van der Waals surface area contributed by atoms with Gasteiger partial charge in [-0.3, -0.25) is 10.1 Å². The fraction of sp³-hybridized carbons (Fsp3) is 0.0909. The van der Waals surface area contributed by atoms with Crippen LogP contribution >= 0.6 is 0 Å². The summed E-state index contributed by atoms with van der Waals surface area (Å²) >= 11 is 0. The van der Waals surface area contributed by atoms with Gasteiger partial charge in [0.2, 0.25) is 6.54 Å². The summed E-state index contributed by atoms with van der Waals surface area (Å²) in [5, 5.41) is 31.2. The summed E-state index contributed by atoms with van der Waals surface area (Å²) in [7, 11) is -1.58. The molecule has 1 unspecified atom stereocenters. The second kappa shape index (κ2) is 7.91. The maximum absolute atomic E-state index is 11.6. The van der Waals surface area contributed by atoms with E-state index in [1.165, 1.54) is 0 Å². The predicted molar refractivity (Wildman–Crippen MR) is 114 cm³/mol. The van der Waals surface area contributed by atoms with Crippen molar-refractivity contribution >= 4 is 23.5 Å². The molecular formula is C22H19BN2O4. The van der Waals surface area contributed by atoms with Gasteiger partial charge in [-0.05, 0) is 28.2 Å². The van der Waals surface area contributed by atoms with E-state index in [4.69, 9.17) is 0 Å². The summed E-state index contributed by atoms with van der Waals surface area (Å²) in [5.41, 5.74) is 4.67. The molecule has 7 heteroatoms. The fourth-order valence-electron chi connectivity index (χ4n) is 3.77. The van der Waals surface area contributed by atoms with E-state index in [-0.39, 0.29) is 11.5 Å². The minimum absolute atomic E-state index is 0.275. The Morgan fingerprint density at radius 2 is 1.59 bits per heavy atom. The summed E-state index contributed by atoms with van der Waals surface area (Å²) in [5.74, 6) is -0.499. The molecule has 4 aromatic rings. The zero-order valence-electron chi connectivity index (χ0n) is 15.5. The molecule has 0 bridgehead atoms. The maximum atomic E-state index is 11.6. The number of para-hydroxylation sites is 1. The third-order valence-corrected chi connectivity index (χ3v) is 5.13. The first-order chi connectivity index (χ1) is 14.0. The van der Waals surface area contributed by atoms with Crippen molar-refractivity contribution in [1.82, 2.24) is 4.98 Å². The van der Waals surface area contributed by atoms with Crippen LogP contribution in [0.1, 0.15) is 17.0 Å². The first-order valence-electron chi connectivity index (χ1n) is 9.28. The SMILES string of the molecule is O=[N+]([O-])CC(c1ccc(B(O)O)cc1)c1c(-c2ccccc2)[nH]c2ccccc12. The van der Waals surface area contributed by atoms with Gasteiger partial charge in [-0.1, -0.05) is 72.8 Å². The lowest BCUT2D eigenvalue weighted by Crippen LogP contribution is -2.29. The highest BCUT2D eigenvalue weighted by Gasteiger charge is 2.27. The van der Waals surface area contributed by atoms with Gasteiger partial charge in [0.05, 0.1) is 11.6 Å². The standard InChI is InChI=1S/C22H19BN2O4/c26-23(27)17-12-10-15(11-13-17)19(14-25(28)29)21-18-8-4-5-9-20(18)24-22(21)16-6-2-1-3-7-16/h1-13,19,24,26-27H,14H2. The smallest absolute Gasteiger partial charge is 0.423 e. The Morgan fingerprint density at radius 1 is 0.931 bits per heavy atom. The van der Waals surface area contributed by atoms with Gasteiger partial charge in [0.25, 0.3) is 0 Å². The minimum Gasteiger partial charge on any atom is -0.423 e. The van der Waals surface area contributed by atoms with Gasteiger partial charge in [0.1, 0.15) is 0 Å².